The molecule has 0 radical (unpaired) electrons. The van der Waals surface area contributed by atoms with E-state index in [9.17, 15) is 23.1 Å². The molecular weight excluding hydrogens is 199 g/mol. The lowest BCUT2D eigenvalue weighted by Crippen LogP contribution is -2.24. The van der Waals surface area contributed by atoms with Crippen LogP contribution in [0.3, 0.4) is 0 Å². The number of carbonyl (C=O) groups is 1. The second-order valence-electron chi connectivity index (χ2n) is 2.31. The highest BCUT2D eigenvalue weighted by Crippen LogP contribution is 2.18. The zero-order chi connectivity index (χ0) is 10.9. The molecule has 0 aliphatic heterocycles. The van der Waals surface area contributed by atoms with E-state index in [1.807, 2.05) is 0 Å². The van der Waals surface area contributed by atoms with Gasteiger partial charge in [-0.2, -0.15) is 5.26 Å². The van der Waals surface area contributed by atoms with Crippen LogP contribution in [0, 0.1) is 28.8 Å². The average molecular weight is 200 g/mol. The third-order valence-corrected chi connectivity index (χ3v) is 1.49. The van der Waals surface area contributed by atoms with Gasteiger partial charge in [-0.05, 0) is 6.07 Å². The molecule has 3 nitrogen and oxygen atoms in total. The van der Waals surface area contributed by atoms with Crippen molar-refractivity contribution in [3.05, 3.63) is 34.6 Å². The predicted octanol–water partition coefficient (Wildman–Crippen LogP) is 0.339. The van der Waals surface area contributed by atoms with Crippen LogP contribution in [0.2, 0.25) is 0 Å². The van der Waals surface area contributed by atoms with E-state index in [1.54, 1.807) is 0 Å². The number of carboxylic acid groups (broad SMARTS) is 1. The fraction of sp³-hybridized carbons (Fsp3) is 0. The summed E-state index contributed by atoms with van der Waals surface area (Å²) in [5.41, 5.74) is -2.45. The van der Waals surface area contributed by atoms with Crippen LogP contribution >= 0.6 is 0 Å². The first-order valence-corrected chi connectivity index (χ1v) is 3.28. The quantitative estimate of drug-likeness (QED) is 0.614. The standard InChI is InChI=1S/C8H2F3NO2/c9-5-1-3(8(13)14)6(10)4(2-12)7(5)11/h1H,(H,13,14)/p-1. The minimum absolute atomic E-state index is 0.126. The molecule has 0 aromatic heterocycles. The smallest absolute Gasteiger partial charge is 0.179 e. The fourth-order valence-electron chi connectivity index (χ4n) is 0.851. The highest BCUT2D eigenvalue weighted by Gasteiger charge is 2.18. The number of nitrogens with zero attached hydrogens (tertiary/aromatic N) is 1. The minimum atomic E-state index is -2.02. The van der Waals surface area contributed by atoms with Crippen molar-refractivity contribution >= 4 is 5.97 Å². The number of benzene rings is 1. The summed E-state index contributed by atoms with van der Waals surface area (Å²) in [7, 11) is 0. The van der Waals surface area contributed by atoms with E-state index in [0.717, 1.165) is 6.07 Å². The normalized spacial score (nSPS) is 9.57. The van der Waals surface area contributed by atoms with Crippen molar-refractivity contribution < 1.29 is 23.1 Å². The average Bonchev–Trinajstić information content (AvgIpc) is 2.12. The molecule has 0 heterocycles. The molecule has 0 amide bonds. The second-order valence-corrected chi connectivity index (χ2v) is 2.31. The van der Waals surface area contributed by atoms with Gasteiger partial charge in [0.15, 0.2) is 17.5 Å². The number of hydrogen-bond acceptors (Lipinski definition) is 3. The summed E-state index contributed by atoms with van der Waals surface area (Å²) >= 11 is 0. The Morgan fingerprint density at radius 2 is 1.93 bits per heavy atom. The first kappa shape index (κ1) is 10.1. The Labute approximate surface area is 76.0 Å². The molecule has 6 heteroatoms. The van der Waals surface area contributed by atoms with Crippen LogP contribution in [-0.4, -0.2) is 5.97 Å². The number of rotatable bonds is 1. The molecule has 72 valence electrons. The zero-order valence-electron chi connectivity index (χ0n) is 6.47. The van der Waals surface area contributed by atoms with Gasteiger partial charge in [0.1, 0.15) is 11.6 Å². The van der Waals surface area contributed by atoms with Crippen molar-refractivity contribution in [2.75, 3.05) is 0 Å². The first-order chi connectivity index (χ1) is 6.49. The molecule has 1 rings (SSSR count). The summed E-state index contributed by atoms with van der Waals surface area (Å²) in [5.74, 6) is -6.97. The van der Waals surface area contributed by atoms with E-state index in [2.05, 4.69) is 0 Å². The van der Waals surface area contributed by atoms with Gasteiger partial charge in [0.05, 0.1) is 5.97 Å². The van der Waals surface area contributed by atoms with E-state index in [1.165, 1.54) is 0 Å². The van der Waals surface area contributed by atoms with Crippen LogP contribution in [0.4, 0.5) is 13.2 Å². The number of aromatic carboxylic acids is 1. The van der Waals surface area contributed by atoms with Gasteiger partial charge >= 0.3 is 0 Å². The Balaban J connectivity index is 3.61. The maximum Gasteiger partial charge on any atom is 0.179 e. The molecule has 1 aromatic rings. The maximum atomic E-state index is 12.9. The number of nitriles is 1. The summed E-state index contributed by atoms with van der Waals surface area (Å²) in [4.78, 5) is 10.2. The molecule has 0 saturated heterocycles. The fourth-order valence-corrected chi connectivity index (χ4v) is 0.851. The lowest BCUT2D eigenvalue weighted by atomic mass is 10.1. The van der Waals surface area contributed by atoms with E-state index >= 15 is 0 Å². The van der Waals surface area contributed by atoms with E-state index in [0.29, 0.717) is 0 Å². The number of hydrogen-bond donors (Lipinski definition) is 0. The van der Waals surface area contributed by atoms with Crippen molar-refractivity contribution in [1.82, 2.24) is 0 Å². The summed E-state index contributed by atoms with van der Waals surface area (Å²) in [6, 6.07) is 1.14. The van der Waals surface area contributed by atoms with Gasteiger partial charge in [-0.25, -0.2) is 13.2 Å². The van der Waals surface area contributed by atoms with Crippen molar-refractivity contribution in [3.8, 4) is 6.07 Å². The number of carbonyl (C=O) groups excluding carboxylic acids is 1. The van der Waals surface area contributed by atoms with Gasteiger partial charge < -0.3 is 9.90 Å². The Morgan fingerprint density at radius 1 is 1.36 bits per heavy atom. The van der Waals surface area contributed by atoms with Gasteiger partial charge in [-0.3, -0.25) is 0 Å². The second kappa shape index (κ2) is 3.38. The van der Waals surface area contributed by atoms with E-state index in [4.69, 9.17) is 5.26 Å². The minimum Gasteiger partial charge on any atom is -0.545 e. The molecule has 0 atom stereocenters. The molecule has 0 aliphatic rings. The third kappa shape index (κ3) is 1.40. The zero-order valence-corrected chi connectivity index (χ0v) is 6.47. The molecule has 1 aromatic carbocycles. The number of carboxylic acids is 1. The molecular formula is C8HF3NO2-. The Morgan fingerprint density at radius 3 is 2.36 bits per heavy atom. The molecule has 0 unspecified atom stereocenters. The summed E-state index contributed by atoms with van der Waals surface area (Å²) in [5, 5.41) is 18.4. The molecule has 0 aliphatic carbocycles. The first-order valence-electron chi connectivity index (χ1n) is 3.28. The molecule has 14 heavy (non-hydrogen) atoms. The van der Waals surface area contributed by atoms with Crippen LogP contribution in [0.15, 0.2) is 6.07 Å². The van der Waals surface area contributed by atoms with Crippen molar-refractivity contribution in [3.63, 3.8) is 0 Å². The number of halogens is 3. The van der Waals surface area contributed by atoms with Crippen molar-refractivity contribution in [2.45, 2.75) is 0 Å². The highest BCUT2D eigenvalue weighted by atomic mass is 19.2. The Kier molecular flexibility index (Phi) is 2.42. The van der Waals surface area contributed by atoms with E-state index < -0.39 is 34.5 Å². The highest BCUT2D eigenvalue weighted by molar-refractivity contribution is 5.86. The molecule has 0 spiro atoms. The maximum absolute atomic E-state index is 12.9. The van der Waals surface area contributed by atoms with Crippen LogP contribution in [0.25, 0.3) is 0 Å². The van der Waals surface area contributed by atoms with Gasteiger partial charge in [-0.1, -0.05) is 0 Å². The Hall–Kier alpha value is -2.03. The van der Waals surface area contributed by atoms with Crippen LogP contribution in [0.1, 0.15) is 15.9 Å². The lowest BCUT2D eigenvalue weighted by Gasteiger charge is -2.06. The molecule has 0 N–H and O–H groups in total. The van der Waals surface area contributed by atoms with E-state index in [-0.39, 0.29) is 6.07 Å². The van der Waals surface area contributed by atoms with Gasteiger partial charge in [0.2, 0.25) is 0 Å². The van der Waals surface area contributed by atoms with Crippen molar-refractivity contribution in [1.29, 1.82) is 5.26 Å². The van der Waals surface area contributed by atoms with Crippen molar-refractivity contribution in [2.24, 2.45) is 0 Å². The largest absolute Gasteiger partial charge is 0.545 e. The monoisotopic (exact) mass is 200 g/mol. The lowest BCUT2D eigenvalue weighted by molar-refractivity contribution is -0.255. The molecule has 0 bridgehead atoms. The molecule has 0 fully saturated rings. The van der Waals surface area contributed by atoms with Gasteiger partial charge in [0, 0.05) is 5.56 Å². The third-order valence-electron chi connectivity index (χ3n) is 1.49. The predicted molar refractivity (Wildman–Crippen MR) is 35.4 cm³/mol. The molecule has 0 saturated carbocycles. The summed E-state index contributed by atoms with van der Waals surface area (Å²) in [6.45, 7) is 0. The van der Waals surface area contributed by atoms with Gasteiger partial charge in [-0.15, -0.1) is 0 Å². The Bertz CT molecular complexity index is 451. The summed E-state index contributed by atoms with van der Waals surface area (Å²) < 4.78 is 38.2. The van der Waals surface area contributed by atoms with Gasteiger partial charge in [0.25, 0.3) is 0 Å². The summed E-state index contributed by atoms with van der Waals surface area (Å²) in [6.07, 6.45) is 0. The van der Waals surface area contributed by atoms with Crippen LogP contribution in [-0.2, 0) is 0 Å². The van der Waals surface area contributed by atoms with Crippen LogP contribution < -0.4 is 5.11 Å². The topological polar surface area (TPSA) is 63.9 Å². The SMILES string of the molecule is N#Cc1c(F)c(F)cc(C(=O)[O-])c1F. The van der Waals surface area contributed by atoms with Crippen LogP contribution in [0.5, 0.6) is 0 Å².